The minimum Gasteiger partial charge on any atom is -0.383 e. The van der Waals surface area contributed by atoms with Gasteiger partial charge in [0.1, 0.15) is 0 Å². The van der Waals surface area contributed by atoms with E-state index < -0.39 is 0 Å². The number of carbonyl (C=O) groups excluding carboxylic acids is 1. The van der Waals surface area contributed by atoms with Crippen LogP contribution in [0.2, 0.25) is 0 Å². The summed E-state index contributed by atoms with van der Waals surface area (Å²) in [4.78, 5) is 18.4. The summed E-state index contributed by atoms with van der Waals surface area (Å²) >= 11 is 0. The first-order valence-electron chi connectivity index (χ1n) is 8.39. The van der Waals surface area contributed by atoms with Gasteiger partial charge in [-0.05, 0) is 30.9 Å². The van der Waals surface area contributed by atoms with E-state index in [4.69, 9.17) is 4.74 Å². The second-order valence-corrected chi connectivity index (χ2v) is 6.55. The highest BCUT2D eigenvalue weighted by atomic mass is 16.5. The summed E-state index contributed by atoms with van der Waals surface area (Å²) in [5, 5.41) is 4.66. The molecule has 2 aromatic rings. The van der Waals surface area contributed by atoms with Gasteiger partial charge in [-0.25, -0.2) is 0 Å². The highest BCUT2D eigenvalue weighted by Gasteiger charge is 2.35. The van der Waals surface area contributed by atoms with Crippen molar-refractivity contribution in [3.63, 3.8) is 0 Å². The summed E-state index contributed by atoms with van der Waals surface area (Å²) in [6.07, 6.45) is 2.88. The number of nitrogens with zero attached hydrogens (tertiary/aromatic N) is 1. The fourth-order valence-electron chi connectivity index (χ4n) is 4.01. The number of hydrogen-bond acceptors (Lipinski definition) is 3. The zero-order valence-corrected chi connectivity index (χ0v) is 13.5. The standard InChI is InChI=1S/C18H23N3O2/c1-23-11-12-5-4-8-21(12)18(22)16-9-14-13-6-2-3-7-15(13)20-17(14)10-19-16/h2-3,6-7,12,16,19-20H,4-5,8-11H2,1H3/t12-,16+/m0/s1. The van der Waals surface area contributed by atoms with Gasteiger partial charge < -0.3 is 14.6 Å². The maximum Gasteiger partial charge on any atom is 0.240 e. The number of rotatable bonds is 3. The van der Waals surface area contributed by atoms with Crippen LogP contribution < -0.4 is 5.32 Å². The van der Waals surface area contributed by atoms with Crippen LogP contribution in [-0.2, 0) is 22.5 Å². The lowest BCUT2D eigenvalue weighted by molar-refractivity contribution is -0.135. The van der Waals surface area contributed by atoms with Gasteiger partial charge >= 0.3 is 0 Å². The van der Waals surface area contributed by atoms with Crippen molar-refractivity contribution in [3.05, 3.63) is 35.5 Å². The average Bonchev–Trinajstić information content (AvgIpc) is 3.18. The summed E-state index contributed by atoms with van der Waals surface area (Å²) < 4.78 is 5.28. The third-order valence-corrected chi connectivity index (χ3v) is 5.15. The zero-order chi connectivity index (χ0) is 15.8. The zero-order valence-electron chi connectivity index (χ0n) is 13.5. The Hall–Kier alpha value is -1.85. The van der Waals surface area contributed by atoms with E-state index in [1.807, 2.05) is 11.0 Å². The van der Waals surface area contributed by atoms with E-state index in [0.717, 1.165) is 37.9 Å². The number of nitrogens with one attached hydrogen (secondary N) is 2. The Bertz CT molecular complexity index is 724. The van der Waals surface area contributed by atoms with Crippen LogP contribution in [0.1, 0.15) is 24.1 Å². The first kappa shape index (κ1) is 14.7. The quantitative estimate of drug-likeness (QED) is 0.909. The number of likely N-dealkylation sites (tertiary alicyclic amines) is 1. The van der Waals surface area contributed by atoms with E-state index in [1.54, 1.807) is 7.11 Å². The molecule has 122 valence electrons. The normalized spacial score (nSPS) is 24.1. The van der Waals surface area contributed by atoms with Crippen LogP contribution in [0, 0.1) is 0 Å². The summed E-state index contributed by atoms with van der Waals surface area (Å²) in [6, 6.07) is 8.45. The van der Waals surface area contributed by atoms with Gasteiger partial charge in [-0.15, -0.1) is 0 Å². The fourth-order valence-corrected chi connectivity index (χ4v) is 4.01. The van der Waals surface area contributed by atoms with Crippen molar-refractivity contribution in [1.82, 2.24) is 15.2 Å². The Labute approximate surface area is 136 Å². The molecule has 23 heavy (non-hydrogen) atoms. The number of benzene rings is 1. The van der Waals surface area contributed by atoms with E-state index in [1.165, 1.54) is 16.6 Å². The Morgan fingerprint density at radius 3 is 3.13 bits per heavy atom. The van der Waals surface area contributed by atoms with E-state index in [2.05, 4.69) is 28.5 Å². The molecule has 2 aliphatic heterocycles. The Morgan fingerprint density at radius 1 is 1.39 bits per heavy atom. The van der Waals surface area contributed by atoms with Gasteiger partial charge in [0.15, 0.2) is 0 Å². The van der Waals surface area contributed by atoms with E-state index >= 15 is 0 Å². The van der Waals surface area contributed by atoms with Crippen LogP contribution in [0.5, 0.6) is 0 Å². The van der Waals surface area contributed by atoms with Crippen molar-refractivity contribution < 1.29 is 9.53 Å². The molecule has 1 fully saturated rings. The summed E-state index contributed by atoms with van der Waals surface area (Å²) in [5.41, 5.74) is 3.66. The molecule has 1 aromatic heterocycles. The lowest BCUT2D eigenvalue weighted by atomic mass is 9.97. The SMILES string of the molecule is COC[C@@H]1CCCN1C(=O)[C@H]1Cc2c([nH]c3ccccc23)CN1. The predicted octanol–water partition coefficient (Wildman–Crippen LogP) is 1.82. The fraction of sp³-hybridized carbons (Fsp3) is 0.500. The van der Waals surface area contributed by atoms with E-state index in [-0.39, 0.29) is 18.0 Å². The monoisotopic (exact) mass is 313 g/mol. The van der Waals surface area contributed by atoms with Crippen LogP contribution in [0.25, 0.3) is 10.9 Å². The van der Waals surface area contributed by atoms with Crippen LogP contribution in [0.3, 0.4) is 0 Å². The maximum atomic E-state index is 13.0. The van der Waals surface area contributed by atoms with E-state index in [9.17, 15) is 4.79 Å². The lowest BCUT2D eigenvalue weighted by Gasteiger charge is -2.31. The number of hydrogen-bond donors (Lipinski definition) is 2. The van der Waals surface area contributed by atoms with Gasteiger partial charge in [0.05, 0.1) is 18.7 Å². The molecule has 1 amide bonds. The molecule has 5 nitrogen and oxygen atoms in total. The summed E-state index contributed by atoms with van der Waals surface area (Å²) in [5.74, 6) is 0.223. The van der Waals surface area contributed by atoms with Crippen LogP contribution in [-0.4, -0.2) is 48.1 Å². The van der Waals surface area contributed by atoms with Gasteiger partial charge in [-0.1, -0.05) is 18.2 Å². The van der Waals surface area contributed by atoms with Gasteiger partial charge in [0, 0.05) is 36.8 Å². The van der Waals surface area contributed by atoms with Crippen molar-refractivity contribution in [2.24, 2.45) is 0 Å². The molecule has 0 unspecified atom stereocenters. The van der Waals surface area contributed by atoms with Gasteiger partial charge in [0.25, 0.3) is 0 Å². The number of fused-ring (bicyclic) bond motifs is 3. The number of H-pyrrole nitrogens is 1. The first-order valence-corrected chi connectivity index (χ1v) is 8.39. The molecular weight excluding hydrogens is 290 g/mol. The maximum absolute atomic E-state index is 13.0. The molecule has 2 aliphatic rings. The first-order chi connectivity index (χ1) is 11.3. The van der Waals surface area contributed by atoms with E-state index in [0.29, 0.717) is 6.61 Å². The highest BCUT2D eigenvalue weighted by Crippen LogP contribution is 2.28. The number of para-hydroxylation sites is 1. The molecule has 4 rings (SSSR count). The van der Waals surface area contributed by atoms with Crippen molar-refractivity contribution in [2.45, 2.75) is 37.9 Å². The Balaban J connectivity index is 1.56. The second kappa shape index (κ2) is 5.98. The average molecular weight is 313 g/mol. The number of aromatic amines is 1. The second-order valence-electron chi connectivity index (χ2n) is 6.55. The molecule has 0 bridgehead atoms. The summed E-state index contributed by atoms with van der Waals surface area (Å²) in [6.45, 7) is 2.21. The topological polar surface area (TPSA) is 57.4 Å². The molecule has 1 aromatic carbocycles. The smallest absolute Gasteiger partial charge is 0.240 e. The number of aromatic nitrogens is 1. The third kappa shape index (κ3) is 2.54. The van der Waals surface area contributed by atoms with Crippen LogP contribution in [0.15, 0.2) is 24.3 Å². The highest BCUT2D eigenvalue weighted by molar-refractivity contribution is 5.88. The van der Waals surface area contributed by atoms with Crippen LogP contribution >= 0.6 is 0 Å². The predicted molar refractivity (Wildman–Crippen MR) is 89.2 cm³/mol. The number of methoxy groups -OCH3 is 1. The largest absolute Gasteiger partial charge is 0.383 e. The van der Waals surface area contributed by atoms with Crippen molar-refractivity contribution in [2.75, 3.05) is 20.3 Å². The van der Waals surface area contributed by atoms with Gasteiger partial charge in [-0.3, -0.25) is 10.1 Å². The number of carbonyl (C=O) groups is 1. The molecule has 2 atom stereocenters. The van der Waals surface area contributed by atoms with Crippen molar-refractivity contribution in [1.29, 1.82) is 0 Å². The molecule has 0 radical (unpaired) electrons. The minimum absolute atomic E-state index is 0.126. The van der Waals surface area contributed by atoms with Gasteiger partial charge in [0.2, 0.25) is 5.91 Å². The number of amides is 1. The Morgan fingerprint density at radius 2 is 2.26 bits per heavy atom. The molecule has 0 saturated carbocycles. The molecule has 3 heterocycles. The molecule has 0 aliphatic carbocycles. The van der Waals surface area contributed by atoms with Gasteiger partial charge in [-0.2, -0.15) is 0 Å². The molecular formula is C18H23N3O2. The minimum atomic E-state index is -0.126. The molecule has 1 saturated heterocycles. The van der Waals surface area contributed by atoms with Crippen molar-refractivity contribution >= 4 is 16.8 Å². The number of ether oxygens (including phenoxy) is 1. The summed E-state index contributed by atoms with van der Waals surface area (Å²) in [7, 11) is 1.71. The molecule has 0 spiro atoms. The molecule has 2 N–H and O–H groups in total. The van der Waals surface area contributed by atoms with Crippen LogP contribution in [0.4, 0.5) is 0 Å². The lowest BCUT2D eigenvalue weighted by Crippen LogP contribution is -2.51. The van der Waals surface area contributed by atoms with Crippen molar-refractivity contribution in [3.8, 4) is 0 Å². The third-order valence-electron chi connectivity index (χ3n) is 5.15. The Kier molecular flexibility index (Phi) is 3.83. The molecule has 5 heteroatoms.